The van der Waals surface area contributed by atoms with Gasteiger partial charge < -0.3 is 0 Å². The molecule has 11 heavy (non-hydrogen) atoms. The molecule has 0 unspecified atom stereocenters. The third-order valence-electron chi connectivity index (χ3n) is 1.29. The van der Waals surface area contributed by atoms with E-state index in [9.17, 15) is 0 Å². The Bertz CT molecular complexity index is 280. The number of aryl methyl sites for hydroxylation is 1. The molecule has 2 nitrogen and oxygen atoms in total. The van der Waals surface area contributed by atoms with Crippen LogP contribution in [0.4, 0.5) is 0 Å². The quantitative estimate of drug-likeness (QED) is 0.479. The number of rotatable bonds is 1. The van der Waals surface area contributed by atoms with Crippen LogP contribution < -0.4 is 0 Å². The molecule has 0 aliphatic carbocycles. The van der Waals surface area contributed by atoms with Crippen LogP contribution in [0, 0.1) is 18.8 Å². The number of H-pyrrole nitrogens is 1. The second kappa shape index (κ2) is 4.09. The highest BCUT2D eigenvalue weighted by Crippen LogP contribution is 1.98. The van der Waals surface area contributed by atoms with Crippen molar-refractivity contribution in [2.24, 2.45) is 0 Å². The standard InChI is InChI=1S/C8H10N2S/c1-7-8(6-9-10-7)4-2-3-5-11/h6,11H,3,5H2,1H3,(H,9,10). The molecule has 0 fully saturated rings. The van der Waals surface area contributed by atoms with Crippen molar-refractivity contribution in [3.63, 3.8) is 0 Å². The molecule has 1 N–H and O–H groups in total. The molecule has 0 amide bonds. The fraction of sp³-hybridized carbons (Fsp3) is 0.375. The molecule has 0 saturated heterocycles. The smallest absolute Gasteiger partial charge is 0.0651 e. The maximum atomic E-state index is 4.05. The Balaban J connectivity index is 2.65. The first kappa shape index (κ1) is 8.22. The van der Waals surface area contributed by atoms with Gasteiger partial charge in [-0.2, -0.15) is 17.7 Å². The number of aromatic amines is 1. The first-order chi connectivity index (χ1) is 5.34. The summed E-state index contributed by atoms with van der Waals surface area (Å²) in [6.07, 6.45) is 2.56. The maximum Gasteiger partial charge on any atom is 0.0651 e. The molecule has 1 aromatic heterocycles. The Kier molecular flexibility index (Phi) is 3.06. The van der Waals surface area contributed by atoms with Crippen molar-refractivity contribution in [1.82, 2.24) is 10.2 Å². The van der Waals surface area contributed by atoms with Crippen molar-refractivity contribution in [3.8, 4) is 11.8 Å². The molecule has 0 aliphatic rings. The van der Waals surface area contributed by atoms with Crippen LogP contribution in [0.3, 0.4) is 0 Å². The molecule has 0 saturated carbocycles. The van der Waals surface area contributed by atoms with E-state index in [1.807, 2.05) is 6.92 Å². The average molecular weight is 166 g/mol. The summed E-state index contributed by atoms with van der Waals surface area (Å²) < 4.78 is 0. The van der Waals surface area contributed by atoms with Gasteiger partial charge >= 0.3 is 0 Å². The van der Waals surface area contributed by atoms with Crippen LogP contribution in [0.15, 0.2) is 6.20 Å². The molecule has 0 atom stereocenters. The summed E-state index contributed by atoms with van der Waals surface area (Å²) in [5, 5.41) is 6.68. The van der Waals surface area contributed by atoms with Crippen molar-refractivity contribution >= 4 is 12.6 Å². The first-order valence-electron chi connectivity index (χ1n) is 3.44. The van der Waals surface area contributed by atoms with Gasteiger partial charge in [0, 0.05) is 17.9 Å². The van der Waals surface area contributed by atoms with Crippen LogP contribution in [0.1, 0.15) is 17.7 Å². The topological polar surface area (TPSA) is 28.7 Å². The van der Waals surface area contributed by atoms with Crippen molar-refractivity contribution in [1.29, 1.82) is 0 Å². The monoisotopic (exact) mass is 166 g/mol. The molecule has 1 heterocycles. The van der Waals surface area contributed by atoms with E-state index in [0.717, 1.165) is 23.4 Å². The maximum absolute atomic E-state index is 4.05. The van der Waals surface area contributed by atoms with Crippen molar-refractivity contribution in [2.45, 2.75) is 13.3 Å². The van der Waals surface area contributed by atoms with Gasteiger partial charge in [0.15, 0.2) is 0 Å². The van der Waals surface area contributed by atoms with Crippen LogP contribution in [0.5, 0.6) is 0 Å². The molecule has 0 aromatic carbocycles. The van der Waals surface area contributed by atoms with E-state index in [4.69, 9.17) is 0 Å². The highest BCUT2D eigenvalue weighted by Gasteiger charge is 1.92. The van der Waals surface area contributed by atoms with E-state index in [-0.39, 0.29) is 0 Å². The number of hydrogen-bond donors (Lipinski definition) is 2. The van der Waals surface area contributed by atoms with Crippen LogP contribution >= 0.6 is 12.6 Å². The Morgan fingerprint density at radius 3 is 3.09 bits per heavy atom. The molecule has 1 rings (SSSR count). The zero-order chi connectivity index (χ0) is 8.10. The highest BCUT2D eigenvalue weighted by atomic mass is 32.1. The minimum Gasteiger partial charge on any atom is -0.282 e. The summed E-state index contributed by atoms with van der Waals surface area (Å²) in [5.41, 5.74) is 2.00. The van der Waals surface area contributed by atoms with Crippen LogP contribution in [0.2, 0.25) is 0 Å². The number of nitrogens with one attached hydrogen (secondary N) is 1. The van der Waals surface area contributed by atoms with Gasteiger partial charge in [0.2, 0.25) is 0 Å². The molecular weight excluding hydrogens is 156 g/mol. The third kappa shape index (κ3) is 2.32. The summed E-state index contributed by atoms with van der Waals surface area (Å²) >= 11 is 4.05. The van der Waals surface area contributed by atoms with E-state index in [0.29, 0.717) is 0 Å². The lowest BCUT2D eigenvalue weighted by Crippen LogP contribution is -1.75. The van der Waals surface area contributed by atoms with Gasteiger partial charge in [0.1, 0.15) is 0 Å². The first-order valence-corrected chi connectivity index (χ1v) is 4.07. The van der Waals surface area contributed by atoms with E-state index < -0.39 is 0 Å². The summed E-state index contributed by atoms with van der Waals surface area (Å²) in [5.74, 6) is 6.80. The Labute approximate surface area is 71.8 Å². The predicted molar refractivity (Wildman–Crippen MR) is 48.7 cm³/mol. The second-order valence-electron chi connectivity index (χ2n) is 2.18. The van der Waals surface area contributed by atoms with Crippen molar-refractivity contribution in [2.75, 3.05) is 5.75 Å². The van der Waals surface area contributed by atoms with Gasteiger partial charge in [-0.05, 0) is 6.92 Å². The fourth-order valence-corrected chi connectivity index (χ4v) is 0.802. The largest absolute Gasteiger partial charge is 0.282 e. The zero-order valence-corrected chi connectivity index (χ0v) is 7.28. The highest BCUT2D eigenvalue weighted by molar-refractivity contribution is 7.80. The fourth-order valence-electron chi connectivity index (χ4n) is 0.690. The Morgan fingerprint density at radius 2 is 2.55 bits per heavy atom. The summed E-state index contributed by atoms with van der Waals surface area (Å²) in [6, 6.07) is 0. The van der Waals surface area contributed by atoms with Gasteiger partial charge in [-0.3, -0.25) is 5.10 Å². The lowest BCUT2D eigenvalue weighted by Gasteiger charge is -1.82. The van der Waals surface area contributed by atoms with E-state index in [1.54, 1.807) is 6.20 Å². The Hall–Kier alpha value is -0.880. The molecule has 3 heteroatoms. The van der Waals surface area contributed by atoms with Crippen LogP contribution in [0.25, 0.3) is 0 Å². The molecule has 58 valence electrons. The second-order valence-corrected chi connectivity index (χ2v) is 2.63. The third-order valence-corrected chi connectivity index (χ3v) is 1.51. The SMILES string of the molecule is Cc1[nH]ncc1C#CCCS. The minimum atomic E-state index is 0.809. The number of thiol groups is 1. The van der Waals surface area contributed by atoms with Crippen LogP contribution in [-0.4, -0.2) is 16.0 Å². The number of nitrogens with zero attached hydrogens (tertiary/aromatic N) is 1. The van der Waals surface area contributed by atoms with Gasteiger partial charge in [-0.15, -0.1) is 0 Å². The van der Waals surface area contributed by atoms with Gasteiger partial charge in [-0.1, -0.05) is 11.8 Å². The summed E-state index contributed by atoms with van der Waals surface area (Å²) in [4.78, 5) is 0. The van der Waals surface area contributed by atoms with Crippen molar-refractivity contribution in [3.05, 3.63) is 17.5 Å². The molecule has 1 aromatic rings. The summed E-state index contributed by atoms with van der Waals surface area (Å²) in [6.45, 7) is 1.96. The van der Waals surface area contributed by atoms with E-state index >= 15 is 0 Å². The summed E-state index contributed by atoms with van der Waals surface area (Å²) in [7, 11) is 0. The molecule has 0 bridgehead atoms. The molecular formula is C8H10N2S. The van der Waals surface area contributed by atoms with Crippen molar-refractivity contribution < 1.29 is 0 Å². The molecule has 0 spiro atoms. The van der Waals surface area contributed by atoms with Gasteiger partial charge in [0.05, 0.1) is 11.8 Å². The average Bonchev–Trinajstić information content (AvgIpc) is 2.37. The lowest BCUT2D eigenvalue weighted by atomic mass is 10.2. The molecule has 0 aliphatic heterocycles. The predicted octanol–water partition coefficient (Wildman–Crippen LogP) is 1.39. The molecule has 0 radical (unpaired) electrons. The number of aromatic nitrogens is 2. The number of hydrogen-bond acceptors (Lipinski definition) is 2. The zero-order valence-electron chi connectivity index (χ0n) is 6.39. The normalized spacial score (nSPS) is 8.91. The minimum absolute atomic E-state index is 0.809. The van der Waals surface area contributed by atoms with E-state index in [2.05, 4.69) is 34.7 Å². The van der Waals surface area contributed by atoms with Gasteiger partial charge in [0.25, 0.3) is 0 Å². The van der Waals surface area contributed by atoms with Gasteiger partial charge in [-0.25, -0.2) is 0 Å². The van der Waals surface area contributed by atoms with E-state index in [1.165, 1.54) is 0 Å². The lowest BCUT2D eigenvalue weighted by molar-refractivity contribution is 1.05. The Morgan fingerprint density at radius 1 is 1.73 bits per heavy atom. The van der Waals surface area contributed by atoms with Crippen LogP contribution in [-0.2, 0) is 0 Å².